The van der Waals surface area contributed by atoms with Gasteiger partial charge in [0.25, 0.3) is 0 Å². The maximum absolute atomic E-state index is 11.5. The van der Waals surface area contributed by atoms with Gasteiger partial charge in [-0.3, -0.25) is 4.79 Å². The van der Waals surface area contributed by atoms with Gasteiger partial charge in [-0.2, -0.15) is 0 Å². The highest BCUT2D eigenvalue weighted by molar-refractivity contribution is 5.73. The van der Waals surface area contributed by atoms with Crippen LogP contribution in [0.5, 0.6) is 11.5 Å². The third-order valence-corrected chi connectivity index (χ3v) is 2.79. The van der Waals surface area contributed by atoms with Gasteiger partial charge in [-0.05, 0) is 25.0 Å². The number of hydrogen-bond acceptors (Lipinski definition) is 4. The Kier molecular flexibility index (Phi) is 3.52. The number of ether oxygens (including phenoxy) is 3. The van der Waals surface area contributed by atoms with Crippen molar-refractivity contribution in [2.24, 2.45) is 5.92 Å². The van der Waals surface area contributed by atoms with E-state index in [4.69, 9.17) is 14.2 Å². The number of esters is 1. The van der Waals surface area contributed by atoms with Gasteiger partial charge >= 0.3 is 5.97 Å². The van der Waals surface area contributed by atoms with Crippen LogP contribution in [0, 0.1) is 5.92 Å². The molecule has 1 aromatic rings. The van der Waals surface area contributed by atoms with Crippen LogP contribution in [0.1, 0.15) is 12.5 Å². The lowest BCUT2D eigenvalue weighted by Crippen LogP contribution is -2.29. The van der Waals surface area contributed by atoms with Crippen LogP contribution in [-0.2, 0) is 16.0 Å². The van der Waals surface area contributed by atoms with E-state index in [0.29, 0.717) is 19.6 Å². The van der Waals surface area contributed by atoms with E-state index in [0.717, 1.165) is 17.1 Å². The van der Waals surface area contributed by atoms with Crippen molar-refractivity contribution in [3.63, 3.8) is 0 Å². The van der Waals surface area contributed by atoms with E-state index in [1.807, 2.05) is 25.1 Å². The average molecular weight is 236 g/mol. The highest BCUT2D eigenvalue weighted by Crippen LogP contribution is 2.36. The molecule has 0 aliphatic carbocycles. The summed E-state index contributed by atoms with van der Waals surface area (Å²) in [5, 5.41) is 0. The summed E-state index contributed by atoms with van der Waals surface area (Å²) in [4.78, 5) is 11.5. The van der Waals surface area contributed by atoms with E-state index in [2.05, 4.69) is 0 Å². The molecule has 1 atom stereocenters. The van der Waals surface area contributed by atoms with E-state index >= 15 is 0 Å². The van der Waals surface area contributed by atoms with Crippen molar-refractivity contribution in [3.8, 4) is 11.5 Å². The summed E-state index contributed by atoms with van der Waals surface area (Å²) in [5.74, 6) is 1.06. The zero-order valence-electron chi connectivity index (χ0n) is 10.1. The Labute approximate surface area is 100 Å². The third-order valence-electron chi connectivity index (χ3n) is 2.79. The average Bonchev–Trinajstić information content (AvgIpc) is 2.38. The molecule has 1 aliphatic heterocycles. The lowest BCUT2D eigenvalue weighted by Gasteiger charge is -2.25. The Bertz CT molecular complexity index is 414. The third kappa shape index (κ3) is 2.35. The van der Waals surface area contributed by atoms with E-state index in [1.165, 1.54) is 7.11 Å². The SMILES string of the molecule is CCOc1cccc2c1OCC(C(=O)OC)C2. The van der Waals surface area contributed by atoms with E-state index < -0.39 is 0 Å². The Morgan fingerprint density at radius 1 is 1.53 bits per heavy atom. The molecule has 0 saturated carbocycles. The molecule has 0 fully saturated rings. The predicted molar refractivity (Wildman–Crippen MR) is 62.3 cm³/mol. The monoisotopic (exact) mass is 236 g/mol. The molecule has 4 nitrogen and oxygen atoms in total. The second-order valence-corrected chi connectivity index (χ2v) is 3.91. The first kappa shape index (κ1) is 11.8. The number of fused-ring (bicyclic) bond motifs is 1. The number of para-hydroxylation sites is 1. The number of carbonyl (C=O) groups is 1. The summed E-state index contributed by atoms with van der Waals surface area (Å²) in [6.45, 7) is 2.88. The smallest absolute Gasteiger partial charge is 0.312 e. The van der Waals surface area contributed by atoms with Crippen molar-refractivity contribution in [1.82, 2.24) is 0 Å². The lowest BCUT2D eigenvalue weighted by atomic mass is 9.96. The van der Waals surface area contributed by atoms with Crippen molar-refractivity contribution in [1.29, 1.82) is 0 Å². The zero-order chi connectivity index (χ0) is 12.3. The Morgan fingerprint density at radius 2 is 2.35 bits per heavy atom. The van der Waals surface area contributed by atoms with Crippen LogP contribution in [-0.4, -0.2) is 26.3 Å². The van der Waals surface area contributed by atoms with E-state index in [1.54, 1.807) is 0 Å². The molecule has 4 heteroatoms. The Hall–Kier alpha value is -1.71. The molecule has 92 valence electrons. The molecule has 1 aromatic carbocycles. The minimum Gasteiger partial charge on any atom is -0.490 e. The summed E-state index contributed by atoms with van der Waals surface area (Å²) < 4.78 is 15.8. The van der Waals surface area contributed by atoms with Gasteiger partial charge in [0, 0.05) is 0 Å². The molecule has 0 amide bonds. The number of benzene rings is 1. The molecule has 0 N–H and O–H groups in total. The van der Waals surface area contributed by atoms with Crippen molar-refractivity contribution in [2.45, 2.75) is 13.3 Å². The highest BCUT2D eigenvalue weighted by atomic mass is 16.5. The van der Waals surface area contributed by atoms with Gasteiger partial charge < -0.3 is 14.2 Å². The van der Waals surface area contributed by atoms with E-state index in [-0.39, 0.29) is 11.9 Å². The van der Waals surface area contributed by atoms with Crippen molar-refractivity contribution < 1.29 is 19.0 Å². The van der Waals surface area contributed by atoms with Crippen LogP contribution in [0.25, 0.3) is 0 Å². The van der Waals surface area contributed by atoms with Crippen molar-refractivity contribution in [2.75, 3.05) is 20.3 Å². The number of hydrogen-bond donors (Lipinski definition) is 0. The number of carbonyl (C=O) groups excluding carboxylic acids is 1. The molecule has 1 aliphatic rings. The van der Waals surface area contributed by atoms with Gasteiger partial charge in [0.1, 0.15) is 6.61 Å². The Morgan fingerprint density at radius 3 is 3.06 bits per heavy atom. The largest absolute Gasteiger partial charge is 0.490 e. The molecule has 2 rings (SSSR count). The molecule has 0 bridgehead atoms. The first-order chi connectivity index (χ1) is 8.26. The van der Waals surface area contributed by atoms with Crippen molar-refractivity contribution >= 4 is 5.97 Å². The predicted octanol–water partition coefficient (Wildman–Crippen LogP) is 1.81. The van der Waals surface area contributed by atoms with Crippen LogP contribution < -0.4 is 9.47 Å². The van der Waals surface area contributed by atoms with Gasteiger partial charge in [-0.25, -0.2) is 0 Å². The summed E-state index contributed by atoms with van der Waals surface area (Å²) in [6, 6.07) is 5.74. The maximum atomic E-state index is 11.5. The molecule has 17 heavy (non-hydrogen) atoms. The molecular weight excluding hydrogens is 220 g/mol. The maximum Gasteiger partial charge on any atom is 0.312 e. The minimum atomic E-state index is -0.225. The summed E-state index contributed by atoms with van der Waals surface area (Å²) in [5.41, 5.74) is 0.998. The minimum absolute atomic E-state index is 0.218. The molecular formula is C13H16O4. The standard InChI is InChI=1S/C13H16O4/c1-3-16-11-6-4-5-9-7-10(13(14)15-2)8-17-12(9)11/h4-6,10H,3,7-8H2,1-2H3. The van der Waals surface area contributed by atoms with Gasteiger partial charge in [-0.1, -0.05) is 12.1 Å². The topological polar surface area (TPSA) is 44.8 Å². The lowest BCUT2D eigenvalue weighted by molar-refractivity contribution is -0.146. The summed E-state index contributed by atoms with van der Waals surface area (Å²) >= 11 is 0. The van der Waals surface area contributed by atoms with Gasteiger partial charge in [0.15, 0.2) is 11.5 Å². The number of methoxy groups -OCH3 is 1. The first-order valence-corrected chi connectivity index (χ1v) is 5.71. The Balaban J connectivity index is 2.21. The second-order valence-electron chi connectivity index (χ2n) is 3.91. The normalized spacial score (nSPS) is 17.9. The fourth-order valence-corrected chi connectivity index (χ4v) is 1.98. The van der Waals surface area contributed by atoms with Gasteiger partial charge in [0.2, 0.25) is 0 Å². The number of rotatable bonds is 3. The van der Waals surface area contributed by atoms with Gasteiger partial charge in [0.05, 0.1) is 19.6 Å². The summed E-state index contributed by atoms with van der Waals surface area (Å²) in [7, 11) is 1.40. The zero-order valence-corrected chi connectivity index (χ0v) is 10.1. The fraction of sp³-hybridized carbons (Fsp3) is 0.462. The first-order valence-electron chi connectivity index (χ1n) is 5.71. The fourth-order valence-electron chi connectivity index (χ4n) is 1.98. The highest BCUT2D eigenvalue weighted by Gasteiger charge is 2.28. The second kappa shape index (κ2) is 5.08. The quantitative estimate of drug-likeness (QED) is 0.751. The molecule has 0 saturated heterocycles. The molecule has 0 aromatic heterocycles. The molecule has 0 radical (unpaired) electrons. The molecule has 0 spiro atoms. The van der Waals surface area contributed by atoms with Crippen LogP contribution in [0.15, 0.2) is 18.2 Å². The van der Waals surface area contributed by atoms with Crippen LogP contribution in [0.4, 0.5) is 0 Å². The van der Waals surface area contributed by atoms with Gasteiger partial charge in [-0.15, -0.1) is 0 Å². The molecule has 1 unspecified atom stereocenters. The molecule has 1 heterocycles. The van der Waals surface area contributed by atoms with Crippen molar-refractivity contribution in [3.05, 3.63) is 23.8 Å². The van der Waals surface area contributed by atoms with E-state index in [9.17, 15) is 4.79 Å². The van der Waals surface area contributed by atoms with Crippen LogP contribution in [0.2, 0.25) is 0 Å². The van der Waals surface area contributed by atoms with Crippen LogP contribution in [0.3, 0.4) is 0 Å². The van der Waals surface area contributed by atoms with Crippen LogP contribution >= 0.6 is 0 Å². The summed E-state index contributed by atoms with van der Waals surface area (Å²) in [6.07, 6.45) is 0.642.